The molecule has 2 heterocycles. The summed E-state index contributed by atoms with van der Waals surface area (Å²) < 4.78 is 13.1. The highest BCUT2D eigenvalue weighted by molar-refractivity contribution is 6.07. The van der Waals surface area contributed by atoms with Gasteiger partial charge in [0, 0.05) is 24.7 Å². The molecule has 0 saturated carbocycles. The minimum atomic E-state index is -0.302. The minimum absolute atomic E-state index is 0.0796. The zero-order valence-electron chi connectivity index (χ0n) is 14.3. The molecule has 0 radical (unpaired) electrons. The average Bonchev–Trinajstić information content (AvgIpc) is 3.10. The number of aromatic nitrogens is 1. The first-order chi connectivity index (χ1) is 13.1. The largest absolute Gasteiger partial charge is 0.505 e. The van der Waals surface area contributed by atoms with Gasteiger partial charge in [-0.3, -0.25) is 14.7 Å². The Morgan fingerprint density at radius 1 is 1.22 bits per heavy atom. The van der Waals surface area contributed by atoms with E-state index in [1.54, 1.807) is 18.3 Å². The summed E-state index contributed by atoms with van der Waals surface area (Å²) in [5.41, 5.74) is 2.61. The average molecular weight is 365 g/mol. The van der Waals surface area contributed by atoms with Crippen LogP contribution in [0.1, 0.15) is 21.5 Å². The lowest BCUT2D eigenvalue weighted by molar-refractivity contribution is 0.112. The first-order valence-electron chi connectivity index (χ1n) is 8.46. The van der Waals surface area contributed by atoms with Gasteiger partial charge in [-0.25, -0.2) is 9.18 Å². The quantitative estimate of drug-likeness (QED) is 0.697. The number of amides is 2. The molecule has 136 valence electrons. The number of hydrogen-bond acceptors (Lipinski definition) is 4. The number of aromatic hydroxyl groups is 1. The Balaban J connectivity index is 1.84. The van der Waals surface area contributed by atoms with E-state index in [-0.39, 0.29) is 28.7 Å². The zero-order valence-corrected chi connectivity index (χ0v) is 14.3. The van der Waals surface area contributed by atoms with Gasteiger partial charge in [0.25, 0.3) is 0 Å². The predicted octanol–water partition coefficient (Wildman–Crippen LogP) is 3.01. The first-order valence-corrected chi connectivity index (χ1v) is 8.46. The van der Waals surface area contributed by atoms with Crippen LogP contribution in [0.4, 0.5) is 14.9 Å². The number of rotatable bonds is 4. The van der Waals surface area contributed by atoms with Crippen molar-refractivity contribution < 1.29 is 19.1 Å². The number of aldehydes is 1. The molecule has 1 aliphatic heterocycles. The summed E-state index contributed by atoms with van der Waals surface area (Å²) in [5, 5.41) is 13.6. The van der Waals surface area contributed by atoms with Crippen molar-refractivity contribution in [1.29, 1.82) is 0 Å². The monoisotopic (exact) mass is 365 g/mol. The Hall–Kier alpha value is -3.48. The number of carbonyl (C=O) groups excluding carboxylic acids is 2. The molecule has 0 unspecified atom stereocenters. The van der Waals surface area contributed by atoms with Crippen molar-refractivity contribution in [3.05, 3.63) is 65.1 Å². The molecule has 1 aliphatic rings. The Bertz CT molecular complexity index is 1050. The number of halogens is 1. The standard InChI is InChI=1S/C20H16FN3O3/c21-15-3-1-12(2-4-15)7-13-8-16-17(24-6-5-22-20(24)27)9-14(11-25)19(26)18(16)23-10-13/h1-4,8-11,26H,5-7H2,(H,22,27). The maximum absolute atomic E-state index is 13.1. The van der Waals surface area contributed by atoms with Crippen LogP contribution in [0, 0.1) is 5.82 Å². The number of urea groups is 1. The third-order valence-electron chi connectivity index (χ3n) is 4.61. The number of anilines is 1. The predicted molar refractivity (Wildman–Crippen MR) is 98.7 cm³/mol. The number of hydrogen-bond donors (Lipinski definition) is 2. The van der Waals surface area contributed by atoms with Crippen LogP contribution in [0.25, 0.3) is 10.9 Å². The van der Waals surface area contributed by atoms with Crippen molar-refractivity contribution in [1.82, 2.24) is 10.3 Å². The molecule has 3 aromatic rings. The van der Waals surface area contributed by atoms with Gasteiger partial charge in [0.1, 0.15) is 11.3 Å². The fourth-order valence-electron chi connectivity index (χ4n) is 3.27. The highest BCUT2D eigenvalue weighted by Gasteiger charge is 2.25. The van der Waals surface area contributed by atoms with Crippen molar-refractivity contribution >= 4 is 28.9 Å². The molecule has 2 aromatic carbocycles. The maximum atomic E-state index is 13.1. The van der Waals surface area contributed by atoms with Gasteiger partial charge < -0.3 is 10.4 Å². The summed E-state index contributed by atoms with van der Waals surface area (Å²) in [5.74, 6) is -0.513. The number of nitrogens with one attached hydrogen (secondary N) is 1. The third-order valence-corrected chi connectivity index (χ3v) is 4.61. The van der Waals surface area contributed by atoms with E-state index < -0.39 is 0 Å². The second kappa shape index (κ2) is 6.68. The summed E-state index contributed by atoms with van der Waals surface area (Å²) >= 11 is 0. The number of carbonyl (C=O) groups is 2. The molecule has 2 N–H and O–H groups in total. The maximum Gasteiger partial charge on any atom is 0.322 e. The Kier molecular flexibility index (Phi) is 4.19. The van der Waals surface area contributed by atoms with Gasteiger partial charge in [-0.1, -0.05) is 12.1 Å². The van der Waals surface area contributed by atoms with E-state index >= 15 is 0 Å². The van der Waals surface area contributed by atoms with Crippen LogP contribution >= 0.6 is 0 Å². The molecule has 27 heavy (non-hydrogen) atoms. The fourth-order valence-corrected chi connectivity index (χ4v) is 3.27. The van der Waals surface area contributed by atoms with Gasteiger partial charge in [-0.2, -0.15) is 0 Å². The number of nitrogens with zero attached hydrogens (tertiary/aromatic N) is 2. The number of phenolic OH excluding ortho intramolecular Hbond substituents is 1. The van der Waals surface area contributed by atoms with Crippen LogP contribution in [0.15, 0.2) is 42.6 Å². The van der Waals surface area contributed by atoms with Crippen molar-refractivity contribution in [2.75, 3.05) is 18.0 Å². The molecule has 1 saturated heterocycles. The molecule has 2 amide bonds. The molecule has 0 aliphatic carbocycles. The van der Waals surface area contributed by atoms with Gasteiger partial charge in [-0.15, -0.1) is 0 Å². The lowest BCUT2D eigenvalue weighted by Crippen LogP contribution is -2.28. The first kappa shape index (κ1) is 17.0. The smallest absolute Gasteiger partial charge is 0.322 e. The molecule has 0 bridgehead atoms. The van der Waals surface area contributed by atoms with Crippen LogP contribution in [0.5, 0.6) is 5.75 Å². The summed E-state index contributed by atoms with van der Waals surface area (Å²) in [6, 6.07) is 9.25. The van der Waals surface area contributed by atoms with Crippen molar-refractivity contribution in [2.24, 2.45) is 0 Å². The van der Waals surface area contributed by atoms with Crippen LogP contribution in [-0.2, 0) is 6.42 Å². The molecule has 1 fully saturated rings. The second-order valence-corrected chi connectivity index (χ2v) is 6.38. The topological polar surface area (TPSA) is 82.5 Å². The van der Waals surface area contributed by atoms with E-state index in [4.69, 9.17) is 0 Å². The van der Waals surface area contributed by atoms with E-state index in [1.807, 2.05) is 6.07 Å². The van der Waals surface area contributed by atoms with Crippen LogP contribution in [0.2, 0.25) is 0 Å². The lowest BCUT2D eigenvalue weighted by atomic mass is 10.0. The Morgan fingerprint density at radius 3 is 2.67 bits per heavy atom. The summed E-state index contributed by atoms with van der Waals surface area (Å²) in [6.45, 7) is 0.958. The molecule has 4 rings (SSSR count). The zero-order chi connectivity index (χ0) is 19.0. The van der Waals surface area contributed by atoms with Crippen molar-refractivity contribution in [3.63, 3.8) is 0 Å². The lowest BCUT2D eigenvalue weighted by Gasteiger charge is -2.18. The fraction of sp³-hybridized carbons (Fsp3) is 0.150. The van der Waals surface area contributed by atoms with Crippen LogP contribution in [0.3, 0.4) is 0 Å². The van der Waals surface area contributed by atoms with Gasteiger partial charge in [0.05, 0.1) is 11.3 Å². The minimum Gasteiger partial charge on any atom is -0.505 e. The molecule has 0 atom stereocenters. The van der Waals surface area contributed by atoms with E-state index in [0.717, 1.165) is 11.1 Å². The summed E-state index contributed by atoms with van der Waals surface area (Å²) in [7, 11) is 0. The highest BCUT2D eigenvalue weighted by atomic mass is 19.1. The van der Waals surface area contributed by atoms with Gasteiger partial charge in [0.2, 0.25) is 0 Å². The molecule has 1 aromatic heterocycles. The Morgan fingerprint density at radius 2 is 2.00 bits per heavy atom. The number of benzene rings is 2. The summed E-state index contributed by atoms with van der Waals surface area (Å²) in [6.07, 6.45) is 2.67. The Labute approximate surface area is 154 Å². The van der Waals surface area contributed by atoms with E-state index in [0.29, 0.717) is 36.9 Å². The third kappa shape index (κ3) is 3.08. The van der Waals surface area contributed by atoms with E-state index in [1.165, 1.54) is 23.1 Å². The summed E-state index contributed by atoms with van der Waals surface area (Å²) in [4.78, 5) is 29.3. The van der Waals surface area contributed by atoms with Gasteiger partial charge in [-0.05, 0) is 41.8 Å². The van der Waals surface area contributed by atoms with E-state index in [2.05, 4.69) is 10.3 Å². The second-order valence-electron chi connectivity index (χ2n) is 6.38. The van der Waals surface area contributed by atoms with E-state index in [9.17, 15) is 19.1 Å². The SMILES string of the molecule is O=Cc1cc(N2CCNC2=O)c2cc(Cc3ccc(F)cc3)cnc2c1O. The van der Waals surface area contributed by atoms with Gasteiger partial charge in [0.15, 0.2) is 12.0 Å². The molecule has 0 spiro atoms. The normalized spacial score (nSPS) is 13.8. The number of fused-ring (bicyclic) bond motifs is 1. The highest BCUT2D eigenvalue weighted by Crippen LogP contribution is 2.36. The molecular weight excluding hydrogens is 349 g/mol. The van der Waals surface area contributed by atoms with Crippen LogP contribution < -0.4 is 10.2 Å². The van der Waals surface area contributed by atoms with Crippen molar-refractivity contribution in [3.8, 4) is 5.75 Å². The number of pyridine rings is 1. The van der Waals surface area contributed by atoms with Crippen LogP contribution in [-0.4, -0.2) is 35.5 Å². The molecule has 6 nitrogen and oxygen atoms in total. The number of phenols is 1. The molecular formula is C20H16FN3O3. The molecule has 7 heteroatoms. The van der Waals surface area contributed by atoms with Crippen molar-refractivity contribution in [2.45, 2.75) is 6.42 Å². The van der Waals surface area contributed by atoms with Gasteiger partial charge >= 0.3 is 6.03 Å².